The molecule has 0 saturated heterocycles. The van der Waals surface area contributed by atoms with Gasteiger partial charge in [-0.3, -0.25) is 0 Å². The number of nitrogen functional groups attached to an aromatic ring is 1. The van der Waals surface area contributed by atoms with Crippen LogP contribution >= 0.6 is 0 Å². The smallest absolute Gasteiger partial charge is 0.355 e. The molecule has 2 rings (SSSR count). The highest BCUT2D eigenvalue weighted by molar-refractivity contribution is 5.89. The minimum absolute atomic E-state index is 0.283. The Labute approximate surface area is 125 Å². The summed E-state index contributed by atoms with van der Waals surface area (Å²) in [4.78, 5) is 12.2. The fraction of sp³-hybridized carbons (Fsp3) is 0.353. The van der Waals surface area contributed by atoms with Crippen molar-refractivity contribution in [3.05, 3.63) is 52.3 Å². The number of ether oxygens (including phenoxy) is 1. The standard InChI is InChI=1S/C17H22N2O2/c1-5-19-9-14(18)8-16(19)17(20)21-10-15-12(3)6-11(2)7-13(15)4/h6-9H,5,10,18H2,1-4H3. The van der Waals surface area contributed by atoms with Crippen LogP contribution in [0.15, 0.2) is 24.4 Å². The third-order valence-corrected chi connectivity index (χ3v) is 3.66. The van der Waals surface area contributed by atoms with Gasteiger partial charge < -0.3 is 15.0 Å². The van der Waals surface area contributed by atoms with Crippen LogP contribution < -0.4 is 5.73 Å². The van der Waals surface area contributed by atoms with Crippen molar-refractivity contribution >= 4 is 11.7 Å². The highest BCUT2D eigenvalue weighted by Gasteiger charge is 2.15. The normalized spacial score (nSPS) is 10.7. The first kappa shape index (κ1) is 15.2. The van der Waals surface area contributed by atoms with Gasteiger partial charge in [-0.2, -0.15) is 0 Å². The molecule has 1 aromatic carbocycles. The number of aryl methyl sites for hydroxylation is 4. The first-order valence-electron chi connectivity index (χ1n) is 7.12. The summed E-state index contributed by atoms with van der Waals surface area (Å²) in [6.45, 7) is 9.07. The van der Waals surface area contributed by atoms with Gasteiger partial charge in [-0.05, 0) is 50.5 Å². The predicted octanol–water partition coefficient (Wildman–Crippen LogP) is 3.37. The SMILES string of the molecule is CCn1cc(N)cc1C(=O)OCc1c(C)cc(C)cc1C. The third kappa shape index (κ3) is 3.27. The number of carbonyl (C=O) groups is 1. The van der Waals surface area contributed by atoms with Crippen LogP contribution in [0.5, 0.6) is 0 Å². The van der Waals surface area contributed by atoms with Crippen LogP contribution in [0, 0.1) is 20.8 Å². The van der Waals surface area contributed by atoms with Gasteiger partial charge in [0.15, 0.2) is 0 Å². The highest BCUT2D eigenvalue weighted by atomic mass is 16.5. The van der Waals surface area contributed by atoms with Crippen LogP contribution in [0.4, 0.5) is 5.69 Å². The lowest BCUT2D eigenvalue weighted by molar-refractivity contribution is 0.0459. The number of aromatic nitrogens is 1. The zero-order chi connectivity index (χ0) is 15.6. The summed E-state index contributed by atoms with van der Waals surface area (Å²) < 4.78 is 7.25. The third-order valence-electron chi connectivity index (χ3n) is 3.66. The van der Waals surface area contributed by atoms with Gasteiger partial charge in [-0.25, -0.2) is 4.79 Å². The molecular weight excluding hydrogens is 264 g/mol. The van der Waals surface area contributed by atoms with Gasteiger partial charge in [0.05, 0.1) is 5.69 Å². The molecule has 0 saturated carbocycles. The molecule has 4 nitrogen and oxygen atoms in total. The average Bonchev–Trinajstić information content (AvgIpc) is 2.78. The Hall–Kier alpha value is -2.23. The van der Waals surface area contributed by atoms with Gasteiger partial charge in [0.2, 0.25) is 0 Å². The topological polar surface area (TPSA) is 57.2 Å². The average molecular weight is 286 g/mol. The van der Waals surface area contributed by atoms with E-state index in [0.717, 1.165) is 16.7 Å². The minimum Gasteiger partial charge on any atom is -0.456 e. The van der Waals surface area contributed by atoms with Crippen molar-refractivity contribution in [2.24, 2.45) is 0 Å². The molecule has 1 heterocycles. The zero-order valence-electron chi connectivity index (χ0n) is 13.1. The van der Waals surface area contributed by atoms with Crippen LogP contribution in [0.1, 0.15) is 39.7 Å². The molecule has 112 valence electrons. The van der Waals surface area contributed by atoms with E-state index in [9.17, 15) is 4.79 Å². The molecule has 4 heteroatoms. The maximum Gasteiger partial charge on any atom is 0.355 e. The fourth-order valence-corrected chi connectivity index (χ4v) is 2.61. The molecule has 2 aromatic rings. The number of nitrogens with zero attached hydrogens (tertiary/aromatic N) is 1. The number of rotatable bonds is 4. The number of esters is 1. The van der Waals surface area contributed by atoms with E-state index in [-0.39, 0.29) is 12.6 Å². The quantitative estimate of drug-likeness (QED) is 0.877. The summed E-state index contributed by atoms with van der Waals surface area (Å²) in [5.41, 5.74) is 11.4. The molecule has 0 aliphatic rings. The molecule has 2 N–H and O–H groups in total. The predicted molar refractivity (Wildman–Crippen MR) is 84.3 cm³/mol. The van der Waals surface area contributed by atoms with Crippen molar-refractivity contribution in [1.29, 1.82) is 0 Å². The van der Waals surface area contributed by atoms with Gasteiger partial charge in [-0.15, -0.1) is 0 Å². The number of hydrogen-bond donors (Lipinski definition) is 1. The second-order valence-corrected chi connectivity index (χ2v) is 5.40. The molecule has 0 radical (unpaired) electrons. The van der Waals surface area contributed by atoms with Crippen LogP contribution in [-0.2, 0) is 17.9 Å². The Morgan fingerprint density at radius 3 is 2.38 bits per heavy atom. The maximum atomic E-state index is 12.2. The molecule has 0 bridgehead atoms. The van der Waals surface area contributed by atoms with Gasteiger partial charge in [-0.1, -0.05) is 17.7 Å². The monoisotopic (exact) mass is 286 g/mol. The molecule has 0 aliphatic carbocycles. The van der Waals surface area contributed by atoms with Gasteiger partial charge in [0.25, 0.3) is 0 Å². The number of benzene rings is 1. The Balaban J connectivity index is 2.15. The number of carbonyl (C=O) groups excluding carboxylic acids is 1. The molecule has 21 heavy (non-hydrogen) atoms. The first-order chi connectivity index (χ1) is 9.92. The van der Waals surface area contributed by atoms with Crippen molar-refractivity contribution < 1.29 is 9.53 Å². The van der Waals surface area contributed by atoms with Crippen molar-refractivity contribution in [3.63, 3.8) is 0 Å². The molecule has 0 amide bonds. The van der Waals surface area contributed by atoms with Crippen molar-refractivity contribution in [1.82, 2.24) is 4.57 Å². The number of hydrogen-bond acceptors (Lipinski definition) is 3. The van der Waals surface area contributed by atoms with E-state index in [1.165, 1.54) is 5.56 Å². The second-order valence-electron chi connectivity index (χ2n) is 5.40. The van der Waals surface area contributed by atoms with E-state index >= 15 is 0 Å². The molecule has 0 atom stereocenters. The summed E-state index contributed by atoms with van der Waals surface area (Å²) in [6, 6.07) is 5.85. The molecule has 1 aromatic heterocycles. The number of anilines is 1. The molecular formula is C17H22N2O2. The lowest BCUT2D eigenvalue weighted by atomic mass is 10.0. The van der Waals surface area contributed by atoms with Crippen LogP contribution in [0.2, 0.25) is 0 Å². The van der Waals surface area contributed by atoms with Gasteiger partial charge in [0, 0.05) is 12.7 Å². The maximum absolute atomic E-state index is 12.2. The van der Waals surface area contributed by atoms with E-state index in [2.05, 4.69) is 19.1 Å². The molecule has 0 unspecified atom stereocenters. The fourth-order valence-electron chi connectivity index (χ4n) is 2.61. The number of nitrogens with two attached hydrogens (primary N) is 1. The lowest BCUT2D eigenvalue weighted by Gasteiger charge is -2.12. The van der Waals surface area contributed by atoms with Crippen LogP contribution in [-0.4, -0.2) is 10.5 Å². The van der Waals surface area contributed by atoms with Crippen molar-refractivity contribution in [3.8, 4) is 0 Å². The molecule has 0 fully saturated rings. The molecule has 0 spiro atoms. The minimum atomic E-state index is -0.340. The van der Waals surface area contributed by atoms with Crippen molar-refractivity contribution in [2.45, 2.75) is 40.8 Å². The van der Waals surface area contributed by atoms with Crippen LogP contribution in [0.25, 0.3) is 0 Å². The first-order valence-corrected chi connectivity index (χ1v) is 7.12. The summed E-state index contributed by atoms with van der Waals surface area (Å²) in [7, 11) is 0. The summed E-state index contributed by atoms with van der Waals surface area (Å²) in [6.07, 6.45) is 1.75. The van der Waals surface area contributed by atoms with Gasteiger partial charge >= 0.3 is 5.97 Å². The van der Waals surface area contributed by atoms with Crippen LogP contribution in [0.3, 0.4) is 0 Å². The van der Waals surface area contributed by atoms with E-state index in [4.69, 9.17) is 10.5 Å². The van der Waals surface area contributed by atoms with E-state index in [0.29, 0.717) is 17.9 Å². The summed E-state index contributed by atoms with van der Waals surface area (Å²) in [5, 5.41) is 0. The zero-order valence-corrected chi connectivity index (χ0v) is 13.1. The largest absolute Gasteiger partial charge is 0.456 e. The van der Waals surface area contributed by atoms with E-state index in [1.54, 1.807) is 16.8 Å². The summed E-state index contributed by atoms with van der Waals surface area (Å²) >= 11 is 0. The second kappa shape index (κ2) is 6.04. The Kier molecular flexibility index (Phi) is 4.36. The van der Waals surface area contributed by atoms with E-state index < -0.39 is 0 Å². The van der Waals surface area contributed by atoms with Crippen molar-refractivity contribution in [2.75, 3.05) is 5.73 Å². The van der Waals surface area contributed by atoms with Gasteiger partial charge in [0.1, 0.15) is 12.3 Å². The lowest BCUT2D eigenvalue weighted by Crippen LogP contribution is -2.12. The Bertz CT molecular complexity index is 648. The van der Waals surface area contributed by atoms with E-state index in [1.807, 2.05) is 20.8 Å². The Morgan fingerprint density at radius 1 is 1.19 bits per heavy atom. The Morgan fingerprint density at radius 2 is 1.81 bits per heavy atom. The highest BCUT2D eigenvalue weighted by Crippen LogP contribution is 2.19. The molecule has 0 aliphatic heterocycles. The summed E-state index contributed by atoms with van der Waals surface area (Å²) in [5.74, 6) is -0.340.